The highest BCUT2D eigenvalue weighted by atomic mass is 127. The highest BCUT2D eigenvalue weighted by Gasteiger charge is 2.40. The first kappa shape index (κ1) is 15.8. The monoisotopic (exact) mass is 413 g/mol. The number of carbonyl (C=O) groups is 2. The molecular formula is C17H20INO3. The molecule has 0 unspecified atom stereocenters. The number of benzene rings is 1. The molecule has 0 radical (unpaired) electrons. The summed E-state index contributed by atoms with van der Waals surface area (Å²) in [4.78, 5) is 23.7. The number of amides is 1. The first-order valence-corrected chi connectivity index (χ1v) is 8.89. The van der Waals surface area contributed by atoms with E-state index < -0.39 is 0 Å². The van der Waals surface area contributed by atoms with E-state index in [1.807, 2.05) is 24.3 Å². The van der Waals surface area contributed by atoms with Gasteiger partial charge >= 0.3 is 5.97 Å². The SMILES string of the molecule is O=C(COC(=O)C[C@@H]1C[C@H]2CC[C@@H]1C2)Nc1ccc(I)cc1. The van der Waals surface area contributed by atoms with Gasteiger partial charge in [0.2, 0.25) is 0 Å². The quantitative estimate of drug-likeness (QED) is 0.593. The van der Waals surface area contributed by atoms with Gasteiger partial charge in [-0.15, -0.1) is 0 Å². The molecule has 5 heteroatoms. The van der Waals surface area contributed by atoms with Crippen LogP contribution in [0.15, 0.2) is 24.3 Å². The molecule has 0 saturated heterocycles. The fourth-order valence-corrected chi connectivity index (χ4v) is 4.14. The minimum absolute atomic E-state index is 0.203. The molecule has 2 aliphatic carbocycles. The molecule has 0 heterocycles. The Balaban J connectivity index is 1.39. The molecule has 2 bridgehead atoms. The Morgan fingerprint density at radius 3 is 2.59 bits per heavy atom. The van der Waals surface area contributed by atoms with Gasteiger partial charge in [0, 0.05) is 15.7 Å². The molecule has 22 heavy (non-hydrogen) atoms. The third-order valence-corrected chi connectivity index (χ3v) is 5.52. The summed E-state index contributed by atoms with van der Waals surface area (Å²) in [7, 11) is 0. The van der Waals surface area contributed by atoms with Crippen LogP contribution in [0.25, 0.3) is 0 Å². The van der Waals surface area contributed by atoms with Gasteiger partial charge in [0.25, 0.3) is 5.91 Å². The lowest BCUT2D eigenvalue weighted by Crippen LogP contribution is -2.23. The maximum Gasteiger partial charge on any atom is 0.306 e. The zero-order chi connectivity index (χ0) is 15.5. The topological polar surface area (TPSA) is 55.4 Å². The van der Waals surface area contributed by atoms with Crippen molar-refractivity contribution in [1.29, 1.82) is 0 Å². The van der Waals surface area contributed by atoms with Crippen LogP contribution in [0.3, 0.4) is 0 Å². The van der Waals surface area contributed by atoms with Crippen LogP contribution in [0.4, 0.5) is 5.69 Å². The van der Waals surface area contributed by atoms with Crippen molar-refractivity contribution < 1.29 is 14.3 Å². The molecule has 1 N–H and O–H groups in total. The van der Waals surface area contributed by atoms with Gasteiger partial charge in [0.1, 0.15) is 0 Å². The van der Waals surface area contributed by atoms with E-state index in [0.29, 0.717) is 18.3 Å². The highest BCUT2D eigenvalue weighted by molar-refractivity contribution is 14.1. The molecule has 1 aromatic carbocycles. The number of rotatable bonds is 5. The molecule has 0 aliphatic heterocycles. The smallest absolute Gasteiger partial charge is 0.306 e. The van der Waals surface area contributed by atoms with Crippen LogP contribution >= 0.6 is 22.6 Å². The molecule has 2 aliphatic rings. The number of carbonyl (C=O) groups excluding carboxylic acids is 2. The lowest BCUT2D eigenvalue weighted by molar-refractivity contribution is -0.148. The second kappa shape index (κ2) is 6.98. The molecule has 4 nitrogen and oxygen atoms in total. The van der Waals surface area contributed by atoms with Gasteiger partial charge in [-0.25, -0.2) is 0 Å². The van der Waals surface area contributed by atoms with Crippen LogP contribution in [0.1, 0.15) is 32.1 Å². The van der Waals surface area contributed by atoms with Crippen LogP contribution in [0.5, 0.6) is 0 Å². The van der Waals surface area contributed by atoms with E-state index in [-0.39, 0.29) is 18.5 Å². The number of ether oxygens (including phenoxy) is 1. The first-order valence-electron chi connectivity index (χ1n) is 7.81. The predicted molar refractivity (Wildman–Crippen MR) is 92.3 cm³/mol. The Bertz CT molecular complexity index is 558. The zero-order valence-electron chi connectivity index (χ0n) is 12.4. The molecule has 3 atom stereocenters. The third kappa shape index (κ3) is 4.00. The molecule has 0 spiro atoms. The molecular weight excluding hydrogens is 393 g/mol. The number of esters is 1. The normalized spacial score (nSPS) is 26.0. The fraction of sp³-hybridized carbons (Fsp3) is 0.529. The van der Waals surface area contributed by atoms with Gasteiger partial charge < -0.3 is 10.1 Å². The van der Waals surface area contributed by atoms with E-state index in [1.165, 1.54) is 19.3 Å². The van der Waals surface area contributed by atoms with Crippen molar-refractivity contribution in [2.24, 2.45) is 17.8 Å². The largest absolute Gasteiger partial charge is 0.456 e. The number of halogens is 1. The highest BCUT2D eigenvalue weighted by Crippen LogP contribution is 2.49. The Morgan fingerprint density at radius 1 is 1.18 bits per heavy atom. The Morgan fingerprint density at radius 2 is 1.95 bits per heavy atom. The molecule has 118 valence electrons. The summed E-state index contributed by atoms with van der Waals surface area (Å²) in [5.41, 5.74) is 0.717. The number of hydrogen-bond donors (Lipinski definition) is 1. The predicted octanol–water partition coefficient (Wildman–Crippen LogP) is 3.60. The molecule has 3 rings (SSSR count). The first-order chi connectivity index (χ1) is 10.6. The van der Waals surface area contributed by atoms with Gasteiger partial charge in [-0.3, -0.25) is 9.59 Å². The Labute approximate surface area is 144 Å². The van der Waals surface area contributed by atoms with Gasteiger partial charge in [0.05, 0.1) is 0 Å². The third-order valence-electron chi connectivity index (χ3n) is 4.81. The van der Waals surface area contributed by atoms with E-state index in [2.05, 4.69) is 27.9 Å². The van der Waals surface area contributed by atoms with E-state index in [1.54, 1.807) is 0 Å². The van der Waals surface area contributed by atoms with E-state index in [0.717, 1.165) is 21.6 Å². The number of nitrogens with one attached hydrogen (secondary N) is 1. The number of anilines is 1. The van der Waals surface area contributed by atoms with Gasteiger partial charge in [-0.1, -0.05) is 6.42 Å². The number of hydrogen-bond acceptors (Lipinski definition) is 3. The van der Waals surface area contributed by atoms with E-state index in [4.69, 9.17) is 4.74 Å². The number of fused-ring (bicyclic) bond motifs is 2. The average molecular weight is 413 g/mol. The minimum Gasteiger partial charge on any atom is -0.456 e. The van der Waals surface area contributed by atoms with Crippen LogP contribution < -0.4 is 5.32 Å². The van der Waals surface area contributed by atoms with Gasteiger partial charge in [-0.05, 0) is 83.9 Å². The summed E-state index contributed by atoms with van der Waals surface area (Å²) >= 11 is 2.20. The van der Waals surface area contributed by atoms with E-state index in [9.17, 15) is 9.59 Å². The van der Waals surface area contributed by atoms with Crippen LogP contribution in [0, 0.1) is 21.3 Å². The molecule has 1 amide bonds. The molecule has 1 aromatic rings. The molecule has 2 saturated carbocycles. The fourth-order valence-electron chi connectivity index (χ4n) is 3.78. The summed E-state index contributed by atoms with van der Waals surface area (Å²) in [6, 6.07) is 7.49. The zero-order valence-corrected chi connectivity index (χ0v) is 14.5. The van der Waals surface area contributed by atoms with Crippen molar-refractivity contribution in [3.63, 3.8) is 0 Å². The standard InChI is InChI=1S/C17H20INO3/c18-14-3-5-15(6-4-14)19-16(20)10-22-17(21)9-13-8-11-1-2-12(13)7-11/h3-6,11-13H,1-2,7-10H2,(H,19,20)/t11-,12+,13-/m0/s1. The molecule has 0 aromatic heterocycles. The second-order valence-corrected chi connectivity index (χ2v) is 7.60. The van der Waals surface area contributed by atoms with Gasteiger partial charge in [-0.2, -0.15) is 0 Å². The van der Waals surface area contributed by atoms with Crippen molar-refractivity contribution in [1.82, 2.24) is 0 Å². The summed E-state index contributed by atoms with van der Waals surface area (Å²) < 4.78 is 6.22. The maximum absolute atomic E-state index is 11.9. The van der Waals surface area contributed by atoms with Crippen molar-refractivity contribution >= 4 is 40.2 Å². The van der Waals surface area contributed by atoms with Crippen molar-refractivity contribution in [3.05, 3.63) is 27.8 Å². The van der Waals surface area contributed by atoms with Crippen LogP contribution in [-0.4, -0.2) is 18.5 Å². The van der Waals surface area contributed by atoms with Crippen LogP contribution in [0.2, 0.25) is 0 Å². The average Bonchev–Trinajstić information content (AvgIpc) is 3.10. The van der Waals surface area contributed by atoms with Crippen molar-refractivity contribution in [3.8, 4) is 0 Å². The lowest BCUT2D eigenvalue weighted by atomic mass is 9.86. The summed E-state index contributed by atoms with van der Waals surface area (Å²) in [6.45, 7) is -0.203. The summed E-state index contributed by atoms with van der Waals surface area (Å²) in [6.07, 6.45) is 5.50. The van der Waals surface area contributed by atoms with Crippen molar-refractivity contribution in [2.75, 3.05) is 11.9 Å². The maximum atomic E-state index is 11.9. The second-order valence-electron chi connectivity index (χ2n) is 6.35. The molecule has 2 fully saturated rings. The minimum atomic E-state index is -0.289. The van der Waals surface area contributed by atoms with Crippen LogP contribution in [-0.2, 0) is 14.3 Å². The Kier molecular flexibility index (Phi) is 5.00. The Hall–Kier alpha value is -1.11. The summed E-state index contributed by atoms with van der Waals surface area (Å²) in [5.74, 6) is 1.48. The lowest BCUT2D eigenvalue weighted by Gasteiger charge is -2.20. The van der Waals surface area contributed by atoms with Gasteiger partial charge in [0.15, 0.2) is 6.61 Å². The summed E-state index contributed by atoms with van der Waals surface area (Å²) in [5, 5.41) is 2.73. The van der Waals surface area contributed by atoms with E-state index >= 15 is 0 Å². The van der Waals surface area contributed by atoms with Crippen molar-refractivity contribution in [2.45, 2.75) is 32.1 Å².